The van der Waals surface area contributed by atoms with Crippen molar-refractivity contribution in [2.24, 2.45) is 0 Å². The van der Waals surface area contributed by atoms with Crippen LogP contribution in [0, 0.1) is 0 Å². The van der Waals surface area contributed by atoms with Crippen LogP contribution < -0.4 is 5.32 Å². The molecule has 1 saturated heterocycles. The molecule has 0 bridgehead atoms. The highest BCUT2D eigenvalue weighted by molar-refractivity contribution is 6.41. The number of halogens is 2. The third kappa shape index (κ3) is 3.57. The molecule has 4 nitrogen and oxygen atoms in total. The first-order valence-corrected chi connectivity index (χ1v) is 6.63. The monoisotopic (exact) mass is 288 g/mol. The van der Waals surface area contributed by atoms with Crippen molar-refractivity contribution < 1.29 is 9.53 Å². The Morgan fingerprint density at radius 2 is 2.33 bits per heavy atom. The van der Waals surface area contributed by atoms with Crippen molar-refractivity contribution in [2.75, 3.05) is 13.2 Å². The smallest absolute Gasteiger partial charge is 0.252 e. The molecule has 1 aromatic rings. The summed E-state index contributed by atoms with van der Waals surface area (Å²) in [5, 5.41) is 3.28. The van der Waals surface area contributed by atoms with E-state index >= 15 is 0 Å². The van der Waals surface area contributed by atoms with Crippen LogP contribution in [-0.2, 0) is 4.74 Å². The van der Waals surface area contributed by atoms with Gasteiger partial charge in [-0.25, -0.2) is 4.98 Å². The van der Waals surface area contributed by atoms with Gasteiger partial charge in [0.15, 0.2) is 0 Å². The molecule has 0 aromatic carbocycles. The second-order valence-corrected chi connectivity index (χ2v) is 4.96. The summed E-state index contributed by atoms with van der Waals surface area (Å²) in [5.74, 6) is -0.213. The van der Waals surface area contributed by atoms with E-state index in [4.69, 9.17) is 27.9 Å². The average molecular weight is 289 g/mol. The minimum absolute atomic E-state index is 0.110. The predicted molar refractivity (Wildman–Crippen MR) is 70.2 cm³/mol. The molecule has 1 fully saturated rings. The van der Waals surface area contributed by atoms with Gasteiger partial charge in [-0.1, -0.05) is 23.2 Å². The van der Waals surface area contributed by atoms with Crippen molar-refractivity contribution in [1.29, 1.82) is 0 Å². The number of pyridine rings is 1. The normalized spacial score (nSPS) is 19.6. The van der Waals surface area contributed by atoms with Gasteiger partial charge < -0.3 is 10.1 Å². The summed E-state index contributed by atoms with van der Waals surface area (Å²) < 4.78 is 5.53. The predicted octanol–water partition coefficient (Wildman–Crippen LogP) is 2.69. The first-order valence-electron chi connectivity index (χ1n) is 5.87. The largest absolute Gasteiger partial charge is 0.376 e. The number of nitrogens with zero attached hydrogens (tertiary/aromatic N) is 1. The van der Waals surface area contributed by atoms with Gasteiger partial charge >= 0.3 is 0 Å². The molecule has 0 radical (unpaired) electrons. The number of carbonyl (C=O) groups is 1. The molecule has 1 aromatic heterocycles. The van der Waals surface area contributed by atoms with Gasteiger partial charge in [-0.2, -0.15) is 0 Å². The van der Waals surface area contributed by atoms with Crippen LogP contribution >= 0.6 is 23.2 Å². The van der Waals surface area contributed by atoms with Gasteiger partial charge in [0.1, 0.15) is 5.15 Å². The molecule has 1 amide bonds. The Kier molecular flexibility index (Phi) is 4.80. The topological polar surface area (TPSA) is 51.2 Å². The summed E-state index contributed by atoms with van der Waals surface area (Å²) in [6.45, 7) is 1.29. The second-order valence-electron chi connectivity index (χ2n) is 4.20. The molecule has 0 saturated carbocycles. The Hall–Kier alpha value is -0.840. The SMILES string of the molecule is O=C(NCC1CCCCO1)c1cnc(Cl)c(Cl)c1. The molecule has 2 rings (SSSR count). The molecular formula is C12H14Cl2N2O2. The van der Waals surface area contributed by atoms with Crippen LogP contribution in [0.1, 0.15) is 29.6 Å². The van der Waals surface area contributed by atoms with Gasteiger partial charge in [-0.15, -0.1) is 0 Å². The third-order valence-electron chi connectivity index (χ3n) is 2.82. The van der Waals surface area contributed by atoms with E-state index in [-0.39, 0.29) is 22.2 Å². The molecule has 2 heterocycles. The minimum Gasteiger partial charge on any atom is -0.376 e. The lowest BCUT2D eigenvalue weighted by atomic mass is 10.1. The van der Waals surface area contributed by atoms with E-state index in [1.807, 2.05) is 0 Å². The highest BCUT2D eigenvalue weighted by Gasteiger charge is 2.15. The molecule has 1 aliphatic heterocycles. The standard InChI is InChI=1S/C12H14Cl2N2O2/c13-10-5-8(6-15-11(10)14)12(17)16-7-9-3-1-2-4-18-9/h5-6,9H,1-4,7H2,(H,16,17). The lowest BCUT2D eigenvalue weighted by Gasteiger charge is -2.22. The van der Waals surface area contributed by atoms with Gasteiger partial charge in [0.25, 0.3) is 5.91 Å². The zero-order valence-electron chi connectivity index (χ0n) is 9.79. The van der Waals surface area contributed by atoms with E-state index in [9.17, 15) is 4.79 Å². The number of carbonyl (C=O) groups excluding carboxylic acids is 1. The van der Waals surface area contributed by atoms with Crippen LogP contribution in [0.15, 0.2) is 12.3 Å². The summed E-state index contributed by atoms with van der Waals surface area (Å²) in [5.41, 5.74) is 0.403. The van der Waals surface area contributed by atoms with Crippen LogP contribution in [-0.4, -0.2) is 30.1 Å². The summed E-state index contributed by atoms with van der Waals surface area (Å²) in [6.07, 6.45) is 4.75. The molecule has 1 aliphatic rings. The van der Waals surface area contributed by atoms with Gasteiger partial charge in [0.05, 0.1) is 16.7 Å². The highest BCUT2D eigenvalue weighted by Crippen LogP contribution is 2.19. The highest BCUT2D eigenvalue weighted by atomic mass is 35.5. The maximum atomic E-state index is 11.8. The van der Waals surface area contributed by atoms with Crippen molar-refractivity contribution in [1.82, 2.24) is 10.3 Å². The Labute approximate surface area is 116 Å². The number of ether oxygens (including phenoxy) is 1. The molecule has 1 atom stereocenters. The maximum absolute atomic E-state index is 11.8. The fraction of sp³-hybridized carbons (Fsp3) is 0.500. The van der Waals surface area contributed by atoms with Crippen LogP contribution in [0.2, 0.25) is 10.2 Å². The number of rotatable bonds is 3. The van der Waals surface area contributed by atoms with E-state index < -0.39 is 0 Å². The summed E-state index contributed by atoms with van der Waals surface area (Å²) in [6, 6.07) is 1.51. The summed E-state index contributed by atoms with van der Waals surface area (Å²) >= 11 is 11.5. The zero-order chi connectivity index (χ0) is 13.0. The fourth-order valence-electron chi connectivity index (χ4n) is 1.82. The van der Waals surface area contributed by atoms with Crippen molar-refractivity contribution in [2.45, 2.75) is 25.4 Å². The van der Waals surface area contributed by atoms with E-state index in [1.54, 1.807) is 0 Å². The quantitative estimate of drug-likeness (QED) is 0.870. The van der Waals surface area contributed by atoms with E-state index in [0.29, 0.717) is 12.1 Å². The van der Waals surface area contributed by atoms with Gasteiger partial charge in [-0.3, -0.25) is 4.79 Å². The molecule has 0 spiro atoms. The van der Waals surface area contributed by atoms with Crippen LogP contribution in [0.25, 0.3) is 0 Å². The second kappa shape index (κ2) is 6.36. The van der Waals surface area contributed by atoms with Crippen molar-refractivity contribution in [3.05, 3.63) is 28.0 Å². The number of amides is 1. The average Bonchev–Trinajstić information content (AvgIpc) is 2.40. The number of nitrogens with one attached hydrogen (secondary N) is 1. The molecule has 1 N–H and O–H groups in total. The molecule has 0 aliphatic carbocycles. The fourth-order valence-corrected chi connectivity index (χ4v) is 2.09. The Morgan fingerprint density at radius 3 is 3.00 bits per heavy atom. The number of hydrogen-bond acceptors (Lipinski definition) is 3. The van der Waals surface area contributed by atoms with E-state index in [1.165, 1.54) is 12.3 Å². The zero-order valence-corrected chi connectivity index (χ0v) is 11.3. The maximum Gasteiger partial charge on any atom is 0.252 e. The Balaban J connectivity index is 1.88. The van der Waals surface area contributed by atoms with Crippen molar-refractivity contribution in [3.63, 3.8) is 0 Å². The summed E-state index contributed by atoms with van der Waals surface area (Å²) in [4.78, 5) is 15.7. The van der Waals surface area contributed by atoms with Crippen molar-refractivity contribution >= 4 is 29.1 Å². The molecule has 6 heteroatoms. The minimum atomic E-state index is -0.213. The Morgan fingerprint density at radius 1 is 1.50 bits per heavy atom. The van der Waals surface area contributed by atoms with Crippen LogP contribution in [0.3, 0.4) is 0 Å². The molecular weight excluding hydrogens is 275 g/mol. The third-order valence-corrected chi connectivity index (χ3v) is 3.51. The van der Waals surface area contributed by atoms with Crippen LogP contribution in [0.4, 0.5) is 0 Å². The lowest BCUT2D eigenvalue weighted by molar-refractivity contribution is 0.0169. The number of hydrogen-bond donors (Lipinski definition) is 1. The summed E-state index contributed by atoms with van der Waals surface area (Å²) in [7, 11) is 0. The first-order chi connectivity index (χ1) is 8.66. The van der Waals surface area contributed by atoms with Gasteiger partial charge in [-0.05, 0) is 25.3 Å². The lowest BCUT2D eigenvalue weighted by Crippen LogP contribution is -2.35. The Bertz CT molecular complexity index is 434. The first kappa shape index (κ1) is 13.6. The van der Waals surface area contributed by atoms with Gasteiger partial charge in [0.2, 0.25) is 0 Å². The number of aromatic nitrogens is 1. The van der Waals surface area contributed by atoms with E-state index in [0.717, 1.165) is 25.9 Å². The van der Waals surface area contributed by atoms with Crippen molar-refractivity contribution in [3.8, 4) is 0 Å². The van der Waals surface area contributed by atoms with Crippen LogP contribution in [0.5, 0.6) is 0 Å². The van der Waals surface area contributed by atoms with E-state index in [2.05, 4.69) is 10.3 Å². The molecule has 98 valence electrons. The molecule has 1 unspecified atom stereocenters. The molecule has 18 heavy (non-hydrogen) atoms. The van der Waals surface area contributed by atoms with Gasteiger partial charge in [0, 0.05) is 19.3 Å².